The Labute approximate surface area is 125 Å². The molecule has 6 nitrogen and oxygen atoms in total. The van der Waals surface area contributed by atoms with Crippen molar-refractivity contribution in [2.24, 2.45) is 7.05 Å². The van der Waals surface area contributed by atoms with Crippen LogP contribution in [0, 0.1) is 0 Å². The lowest BCUT2D eigenvalue weighted by atomic mass is 10.1. The minimum absolute atomic E-state index is 0. The maximum Gasteiger partial charge on any atom is 0.278 e. The van der Waals surface area contributed by atoms with Gasteiger partial charge in [-0.25, -0.2) is 0 Å². The largest absolute Gasteiger partial charge is 0.332 e. The number of aryl methyl sites for hydroxylation is 1. The highest BCUT2D eigenvalue weighted by Crippen LogP contribution is 2.21. The summed E-state index contributed by atoms with van der Waals surface area (Å²) in [4.78, 5) is 4.39. The van der Waals surface area contributed by atoms with Crippen LogP contribution in [0.25, 0.3) is 11.6 Å². The van der Waals surface area contributed by atoms with Gasteiger partial charge < -0.3 is 9.84 Å². The van der Waals surface area contributed by atoms with Crippen LogP contribution in [0.3, 0.4) is 0 Å². The van der Waals surface area contributed by atoms with Gasteiger partial charge in [-0.2, -0.15) is 10.1 Å². The van der Waals surface area contributed by atoms with Crippen LogP contribution in [0.1, 0.15) is 38.2 Å². The number of nitrogens with zero attached hydrogens (tertiary/aromatic N) is 4. The molecule has 0 radical (unpaired) electrons. The Morgan fingerprint density at radius 1 is 1.35 bits per heavy atom. The van der Waals surface area contributed by atoms with E-state index in [0.717, 1.165) is 17.8 Å². The van der Waals surface area contributed by atoms with Crippen LogP contribution in [0.4, 0.5) is 0 Å². The molecule has 0 aliphatic rings. The number of rotatable bonds is 5. The monoisotopic (exact) mass is 299 g/mol. The molecule has 0 aromatic carbocycles. The molecule has 0 aliphatic carbocycles. The van der Waals surface area contributed by atoms with Gasteiger partial charge in [0.05, 0.1) is 0 Å². The van der Waals surface area contributed by atoms with Crippen molar-refractivity contribution in [3.8, 4) is 11.6 Å². The first-order valence-corrected chi connectivity index (χ1v) is 6.55. The summed E-state index contributed by atoms with van der Waals surface area (Å²) < 4.78 is 7.14. The number of hydrogen-bond acceptors (Lipinski definition) is 5. The number of hydrogen-bond donors (Lipinski definition) is 1. The van der Waals surface area contributed by atoms with Crippen molar-refractivity contribution >= 4 is 12.4 Å². The van der Waals surface area contributed by atoms with Crippen LogP contribution in [0.2, 0.25) is 0 Å². The second-order valence-electron chi connectivity index (χ2n) is 5.14. The molecule has 20 heavy (non-hydrogen) atoms. The molecule has 1 atom stereocenters. The van der Waals surface area contributed by atoms with E-state index in [4.69, 9.17) is 4.52 Å². The molecule has 0 spiro atoms. The van der Waals surface area contributed by atoms with Crippen LogP contribution in [-0.2, 0) is 13.5 Å². The van der Waals surface area contributed by atoms with E-state index in [1.807, 2.05) is 24.8 Å². The van der Waals surface area contributed by atoms with Gasteiger partial charge in [-0.05, 0) is 26.0 Å². The number of halogens is 1. The summed E-state index contributed by atoms with van der Waals surface area (Å²) in [7, 11) is 3.85. The Hall–Kier alpha value is -1.40. The minimum Gasteiger partial charge on any atom is -0.332 e. The Kier molecular flexibility index (Phi) is 5.71. The Balaban J connectivity index is 0.00000200. The van der Waals surface area contributed by atoms with Crippen molar-refractivity contribution in [2.75, 3.05) is 7.05 Å². The summed E-state index contributed by atoms with van der Waals surface area (Å²) in [6, 6.07) is 2.32. The highest BCUT2D eigenvalue weighted by atomic mass is 35.5. The SMILES string of the molecule is CNC(C)Cc1noc(-c2cc(C(C)C)n(C)n2)n1.Cl. The Morgan fingerprint density at radius 3 is 2.60 bits per heavy atom. The van der Waals surface area contributed by atoms with E-state index >= 15 is 0 Å². The number of likely N-dealkylation sites (N-methyl/N-ethyl adjacent to an activating group) is 1. The van der Waals surface area contributed by atoms with Gasteiger partial charge in [0.15, 0.2) is 11.5 Å². The van der Waals surface area contributed by atoms with Crippen LogP contribution in [0.5, 0.6) is 0 Å². The molecule has 2 aromatic heterocycles. The molecular formula is C13H22ClN5O. The molecule has 2 rings (SSSR count). The second kappa shape index (κ2) is 6.85. The summed E-state index contributed by atoms with van der Waals surface area (Å²) in [5.41, 5.74) is 1.89. The molecule has 2 heterocycles. The van der Waals surface area contributed by atoms with Gasteiger partial charge >= 0.3 is 0 Å². The van der Waals surface area contributed by atoms with E-state index in [0.29, 0.717) is 23.7 Å². The van der Waals surface area contributed by atoms with Gasteiger partial charge in [0.1, 0.15) is 0 Å². The van der Waals surface area contributed by atoms with E-state index in [2.05, 4.69) is 41.3 Å². The highest BCUT2D eigenvalue weighted by Gasteiger charge is 2.16. The first-order valence-electron chi connectivity index (χ1n) is 6.55. The predicted octanol–water partition coefficient (Wildman–Crippen LogP) is 2.17. The summed E-state index contributed by atoms with van der Waals surface area (Å²) in [6.45, 7) is 6.34. The predicted molar refractivity (Wildman–Crippen MR) is 80.1 cm³/mol. The van der Waals surface area contributed by atoms with Gasteiger partial charge in [-0.3, -0.25) is 4.68 Å². The van der Waals surface area contributed by atoms with Crippen LogP contribution >= 0.6 is 12.4 Å². The van der Waals surface area contributed by atoms with Gasteiger partial charge in [-0.15, -0.1) is 12.4 Å². The molecule has 0 amide bonds. The lowest BCUT2D eigenvalue weighted by Crippen LogP contribution is -2.24. The molecule has 1 unspecified atom stereocenters. The van der Waals surface area contributed by atoms with Gasteiger partial charge in [0.25, 0.3) is 5.89 Å². The topological polar surface area (TPSA) is 68.8 Å². The molecule has 112 valence electrons. The molecule has 0 saturated heterocycles. The lowest BCUT2D eigenvalue weighted by Gasteiger charge is -2.04. The average Bonchev–Trinajstić information content (AvgIpc) is 2.95. The standard InChI is InChI=1S/C13H21N5O.ClH/c1-8(2)11-7-10(16-18(11)5)13-15-12(17-19-13)6-9(3)14-4;/h7-9,14H,6H2,1-5H3;1H. The van der Waals surface area contributed by atoms with Crippen molar-refractivity contribution in [1.82, 2.24) is 25.2 Å². The highest BCUT2D eigenvalue weighted by molar-refractivity contribution is 5.85. The summed E-state index contributed by atoms with van der Waals surface area (Å²) in [6.07, 6.45) is 0.740. The van der Waals surface area contributed by atoms with E-state index < -0.39 is 0 Å². The van der Waals surface area contributed by atoms with Crippen LogP contribution in [0.15, 0.2) is 10.6 Å². The zero-order valence-corrected chi connectivity index (χ0v) is 13.4. The van der Waals surface area contributed by atoms with Gasteiger partial charge in [-0.1, -0.05) is 19.0 Å². The van der Waals surface area contributed by atoms with E-state index in [1.165, 1.54) is 0 Å². The minimum atomic E-state index is 0. The molecule has 0 fully saturated rings. The van der Waals surface area contributed by atoms with E-state index in [-0.39, 0.29) is 12.4 Å². The zero-order valence-electron chi connectivity index (χ0n) is 12.5. The number of aromatic nitrogens is 4. The first-order chi connectivity index (χ1) is 9.01. The number of nitrogens with one attached hydrogen (secondary N) is 1. The molecule has 2 aromatic rings. The van der Waals surface area contributed by atoms with E-state index in [9.17, 15) is 0 Å². The molecule has 0 saturated carbocycles. The van der Waals surface area contributed by atoms with Crippen LogP contribution in [-0.4, -0.2) is 33.0 Å². The molecule has 0 bridgehead atoms. The molecule has 0 aliphatic heterocycles. The summed E-state index contributed by atoms with van der Waals surface area (Å²) >= 11 is 0. The summed E-state index contributed by atoms with van der Waals surface area (Å²) in [5, 5.41) is 11.6. The van der Waals surface area contributed by atoms with Gasteiger partial charge in [0.2, 0.25) is 0 Å². The molecular weight excluding hydrogens is 278 g/mol. The first kappa shape index (κ1) is 16.7. The van der Waals surface area contributed by atoms with Gasteiger partial charge in [0, 0.05) is 25.2 Å². The third-order valence-corrected chi connectivity index (χ3v) is 3.18. The summed E-state index contributed by atoms with van der Waals surface area (Å²) in [5.74, 6) is 1.60. The fourth-order valence-corrected chi connectivity index (χ4v) is 1.94. The van der Waals surface area contributed by atoms with E-state index in [1.54, 1.807) is 0 Å². The maximum absolute atomic E-state index is 5.28. The van der Waals surface area contributed by atoms with Crippen molar-refractivity contribution in [2.45, 2.75) is 39.2 Å². The smallest absolute Gasteiger partial charge is 0.278 e. The fraction of sp³-hybridized carbons (Fsp3) is 0.615. The van der Waals surface area contributed by atoms with Crippen molar-refractivity contribution < 1.29 is 4.52 Å². The normalized spacial score (nSPS) is 12.5. The van der Waals surface area contributed by atoms with Crippen molar-refractivity contribution in [3.63, 3.8) is 0 Å². The van der Waals surface area contributed by atoms with Crippen molar-refractivity contribution in [3.05, 3.63) is 17.6 Å². The molecule has 1 N–H and O–H groups in total. The average molecular weight is 300 g/mol. The van der Waals surface area contributed by atoms with Crippen molar-refractivity contribution in [1.29, 1.82) is 0 Å². The third kappa shape index (κ3) is 3.58. The lowest BCUT2D eigenvalue weighted by molar-refractivity contribution is 0.416. The quantitative estimate of drug-likeness (QED) is 0.916. The molecule has 7 heteroatoms. The Morgan fingerprint density at radius 2 is 2.05 bits per heavy atom. The maximum atomic E-state index is 5.28. The fourth-order valence-electron chi connectivity index (χ4n) is 1.94. The third-order valence-electron chi connectivity index (χ3n) is 3.18. The van der Waals surface area contributed by atoms with Crippen LogP contribution < -0.4 is 5.32 Å². The second-order valence-corrected chi connectivity index (χ2v) is 5.14. The Bertz CT molecular complexity index is 549. The zero-order chi connectivity index (χ0) is 14.0.